The minimum atomic E-state index is -0.158. The lowest BCUT2D eigenvalue weighted by atomic mass is 10.4. The minimum Gasteiger partial charge on any atom is -0.495 e. The molecule has 2 aromatic heterocycles. The molecule has 0 aromatic carbocycles. The van der Waals surface area contributed by atoms with Gasteiger partial charge in [0.1, 0.15) is 11.4 Å². The lowest BCUT2D eigenvalue weighted by Gasteiger charge is -2.04. The van der Waals surface area contributed by atoms with Gasteiger partial charge in [-0.25, -0.2) is 4.98 Å². The van der Waals surface area contributed by atoms with E-state index in [9.17, 15) is 4.79 Å². The van der Waals surface area contributed by atoms with Crippen molar-refractivity contribution in [2.24, 2.45) is 0 Å². The number of halogens is 1. The van der Waals surface area contributed by atoms with Crippen LogP contribution < -0.4 is 10.3 Å². The van der Waals surface area contributed by atoms with Crippen LogP contribution in [-0.2, 0) is 5.88 Å². The summed E-state index contributed by atoms with van der Waals surface area (Å²) in [6.07, 6.45) is 1.60. The average molecular weight is 225 g/mol. The van der Waals surface area contributed by atoms with Crippen molar-refractivity contribution in [1.82, 2.24) is 9.38 Å². The first-order chi connectivity index (χ1) is 7.24. The molecule has 0 aliphatic carbocycles. The predicted octanol–water partition coefficient (Wildman–Crippen LogP) is 1.44. The summed E-state index contributed by atoms with van der Waals surface area (Å²) in [6, 6.07) is 4.88. The molecule has 0 unspecified atom stereocenters. The third-order valence-corrected chi connectivity index (χ3v) is 2.33. The predicted molar refractivity (Wildman–Crippen MR) is 57.6 cm³/mol. The van der Waals surface area contributed by atoms with E-state index >= 15 is 0 Å². The average Bonchev–Trinajstić information content (AvgIpc) is 2.28. The third kappa shape index (κ3) is 1.80. The van der Waals surface area contributed by atoms with E-state index in [1.165, 1.54) is 10.5 Å². The molecule has 0 aliphatic rings. The van der Waals surface area contributed by atoms with E-state index in [0.717, 1.165) is 0 Å². The monoisotopic (exact) mass is 224 g/mol. The van der Waals surface area contributed by atoms with Crippen molar-refractivity contribution in [3.63, 3.8) is 0 Å². The van der Waals surface area contributed by atoms with Crippen molar-refractivity contribution in [2.45, 2.75) is 5.88 Å². The van der Waals surface area contributed by atoms with Crippen molar-refractivity contribution in [3.05, 3.63) is 40.4 Å². The molecule has 0 saturated heterocycles. The molecule has 0 spiro atoms. The van der Waals surface area contributed by atoms with Gasteiger partial charge in [0.05, 0.1) is 24.9 Å². The molecule has 0 saturated carbocycles. The second-order valence-electron chi connectivity index (χ2n) is 3.02. The van der Waals surface area contributed by atoms with Gasteiger partial charge in [0, 0.05) is 6.07 Å². The Labute approximate surface area is 91.1 Å². The molecule has 0 radical (unpaired) electrons. The number of fused-ring (bicyclic) bond motifs is 1. The first-order valence-electron chi connectivity index (χ1n) is 4.37. The number of nitrogens with zero attached hydrogens (tertiary/aromatic N) is 2. The molecule has 2 heterocycles. The Hall–Kier alpha value is -1.55. The van der Waals surface area contributed by atoms with E-state index in [1.807, 2.05) is 0 Å². The first-order valence-corrected chi connectivity index (χ1v) is 4.90. The summed E-state index contributed by atoms with van der Waals surface area (Å²) >= 11 is 5.62. The van der Waals surface area contributed by atoms with Crippen LogP contribution in [0.5, 0.6) is 5.75 Å². The fourth-order valence-electron chi connectivity index (χ4n) is 1.32. The van der Waals surface area contributed by atoms with Crippen LogP contribution in [-0.4, -0.2) is 16.5 Å². The summed E-state index contributed by atoms with van der Waals surface area (Å²) < 4.78 is 6.45. The summed E-state index contributed by atoms with van der Waals surface area (Å²) in [6.45, 7) is 0. The molecular formula is C10H9ClN2O2. The fourth-order valence-corrected chi connectivity index (χ4v) is 1.46. The van der Waals surface area contributed by atoms with Gasteiger partial charge in [-0.15, -0.1) is 11.6 Å². The molecule has 0 N–H and O–H groups in total. The van der Waals surface area contributed by atoms with E-state index < -0.39 is 0 Å². The number of methoxy groups -OCH3 is 1. The first kappa shape index (κ1) is 9.98. The van der Waals surface area contributed by atoms with Crippen LogP contribution in [0.2, 0.25) is 0 Å². The molecule has 15 heavy (non-hydrogen) atoms. The quantitative estimate of drug-likeness (QED) is 0.725. The maximum absolute atomic E-state index is 11.6. The van der Waals surface area contributed by atoms with Crippen LogP contribution in [0.15, 0.2) is 29.2 Å². The fraction of sp³-hybridized carbons (Fsp3) is 0.200. The zero-order valence-corrected chi connectivity index (χ0v) is 8.86. The number of alkyl halides is 1. The van der Waals surface area contributed by atoms with Crippen LogP contribution in [0.3, 0.4) is 0 Å². The number of rotatable bonds is 2. The smallest absolute Gasteiger partial charge is 0.258 e. The molecule has 0 aliphatic heterocycles. The highest BCUT2D eigenvalue weighted by atomic mass is 35.5. The minimum absolute atomic E-state index is 0.158. The number of aromatic nitrogens is 2. The Morgan fingerprint density at radius 1 is 1.53 bits per heavy atom. The normalized spacial score (nSPS) is 10.5. The molecule has 4 nitrogen and oxygen atoms in total. The summed E-state index contributed by atoms with van der Waals surface area (Å²) in [7, 11) is 1.55. The molecule has 78 valence electrons. The third-order valence-electron chi connectivity index (χ3n) is 2.06. The van der Waals surface area contributed by atoms with Gasteiger partial charge in [-0.1, -0.05) is 0 Å². The summed E-state index contributed by atoms with van der Waals surface area (Å²) in [5, 5.41) is 0. The Balaban J connectivity index is 2.74. The molecule has 0 bridgehead atoms. The van der Waals surface area contributed by atoms with Gasteiger partial charge in [-0.3, -0.25) is 9.20 Å². The van der Waals surface area contributed by atoms with Gasteiger partial charge in [-0.05, 0) is 12.1 Å². The van der Waals surface area contributed by atoms with Crippen LogP contribution >= 0.6 is 11.6 Å². The van der Waals surface area contributed by atoms with Crippen molar-refractivity contribution >= 4 is 17.2 Å². The molecule has 2 rings (SSSR count). The van der Waals surface area contributed by atoms with Gasteiger partial charge in [0.15, 0.2) is 0 Å². The topological polar surface area (TPSA) is 43.6 Å². The number of hydrogen-bond donors (Lipinski definition) is 0. The molecule has 0 atom stereocenters. The van der Waals surface area contributed by atoms with Gasteiger partial charge >= 0.3 is 0 Å². The van der Waals surface area contributed by atoms with Crippen LogP contribution in [0.1, 0.15) is 5.69 Å². The molecule has 0 fully saturated rings. The number of ether oxygens (including phenoxy) is 1. The number of pyridine rings is 1. The van der Waals surface area contributed by atoms with Crippen LogP contribution in [0.25, 0.3) is 5.65 Å². The lowest BCUT2D eigenvalue weighted by molar-refractivity contribution is 0.412. The lowest BCUT2D eigenvalue weighted by Crippen LogP contribution is -2.15. The van der Waals surface area contributed by atoms with E-state index in [1.54, 1.807) is 25.4 Å². The van der Waals surface area contributed by atoms with Crippen molar-refractivity contribution < 1.29 is 4.74 Å². The van der Waals surface area contributed by atoms with Gasteiger partial charge in [-0.2, -0.15) is 0 Å². The van der Waals surface area contributed by atoms with Gasteiger partial charge < -0.3 is 4.74 Å². The van der Waals surface area contributed by atoms with E-state index in [2.05, 4.69) is 4.98 Å². The van der Waals surface area contributed by atoms with Crippen LogP contribution in [0.4, 0.5) is 0 Å². The molecule has 0 amide bonds. The Morgan fingerprint density at radius 2 is 2.33 bits per heavy atom. The van der Waals surface area contributed by atoms with Crippen LogP contribution in [0, 0.1) is 0 Å². The highest BCUT2D eigenvalue weighted by molar-refractivity contribution is 6.16. The molecule has 5 heteroatoms. The van der Waals surface area contributed by atoms with Crippen molar-refractivity contribution in [1.29, 1.82) is 0 Å². The van der Waals surface area contributed by atoms with E-state index in [0.29, 0.717) is 17.1 Å². The van der Waals surface area contributed by atoms with E-state index in [-0.39, 0.29) is 11.4 Å². The Bertz CT molecular complexity index is 551. The Kier molecular flexibility index (Phi) is 2.60. The van der Waals surface area contributed by atoms with Crippen molar-refractivity contribution in [3.8, 4) is 5.75 Å². The molecule has 2 aromatic rings. The Morgan fingerprint density at radius 3 is 3.00 bits per heavy atom. The second-order valence-corrected chi connectivity index (χ2v) is 3.28. The zero-order valence-electron chi connectivity index (χ0n) is 8.11. The standard InChI is InChI=1S/C10H9ClN2O2/c1-15-8-2-3-9-12-7(5-11)4-10(14)13(9)6-8/h2-4,6H,5H2,1H3. The molecular weight excluding hydrogens is 216 g/mol. The van der Waals surface area contributed by atoms with Gasteiger partial charge in [0.25, 0.3) is 5.56 Å². The van der Waals surface area contributed by atoms with E-state index in [4.69, 9.17) is 16.3 Å². The summed E-state index contributed by atoms with van der Waals surface area (Å²) in [4.78, 5) is 15.8. The maximum atomic E-state index is 11.6. The number of hydrogen-bond acceptors (Lipinski definition) is 3. The SMILES string of the molecule is COc1ccc2nc(CCl)cc(=O)n2c1. The zero-order chi connectivity index (χ0) is 10.8. The summed E-state index contributed by atoms with van der Waals surface area (Å²) in [5.41, 5.74) is 0.986. The maximum Gasteiger partial charge on any atom is 0.258 e. The summed E-state index contributed by atoms with van der Waals surface area (Å²) in [5.74, 6) is 0.850. The van der Waals surface area contributed by atoms with Crippen molar-refractivity contribution in [2.75, 3.05) is 7.11 Å². The largest absolute Gasteiger partial charge is 0.495 e. The highest BCUT2D eigenvalue weighted by Crippen LogP contribution is 2.10. The van der Waals surface area contributed by atoms with Gasteiger partial charge in [0.2, 0.25) is 0 Å². The second kappa shape index (κ2) is 3.90. The highest BCUT2D eigenvalue weighted by Gasteiger charge is 2.02.